The number of fused-ring (bicyclic) bond motifs is 1. The minimum absolute atomic E-state index is 0.0237. The summed E-state index contributed by atoms with van der Waals surface area (Å²) in [6, 6.07) is 4.60. The van der Waals surface area contributed by atoms with E-state index in [1.807, 2.05) is 6.07 Å². The quantitative estimate of drug-likeness (QED) is 0.485. The molecule has 0 spiro atoms. The van der Waals surface area contributed by atoms with E-state index in [9.17, 15) is 9.59 Å². The number of urea groups is 1. The van der Waals surface area contributed by atoms with Gasteiger partial charge >= 0.3 is 12.0 Å². The first kappa shape index (κ1) is 23.4. The maximum atomic E-state index is 13.0. The number of carbonyl (C=O) groups excluding carboxylic acids is 2. The molecule has 0 saturated carbocycles. The van der Waals surface area contributed by atoms with E-state index < -0.39 is 12.0 Å². The van der Waals surface area contributed by atoms with Gasteiger partial charge in [0.05, 0.1) is 18.2 Å². The average Bonchev–Trinajstić information content (AvgIpc) is 3.17. The predicted molar refractivity (Wildman–Crippen MR) is 123 cm³/mol. The highest BCUT2D eigenvalue weighted by Gasteiger charge is 2.39. The van der Waals surface area contributed by atoms with E-state index in [0.717, 1.165) is 18.4 Å². The van der Waals surface area contributed by atoms with E-state index in [2.05, 4.69) is 49.0 Å². The van der Waals surface area contributed by atoms with Gasteiger partial charge in [0.2, 0.25) is 6.79 Å². The molecule has 9 nitrogen and oxygen atoms in total. The molecule has 1 aromatic carbocycles. The summed E-state index contributed by atoms with van der Waals surface area (Å²) in [6.07, 6.45) is 1.85. The molecule has 0 aliphatic carbocycles. The number of esters is 1. The molecule has 1 fully saturated rings. The van der Waals surface area contributed by atoms with Gasteiger partial charge in [-0.05, 0) is 65.2 Å². The van der Waals surface area contributed by atoms with Crippen LogP contribution in [0.15, 0.2) is 29.5 Å². The molecule has 9 heteroatoms. The van der Waals surface area contributed by atoms with E-state index in [1.165, 1.54) is 0 Å². The van der Waals surface area contributed by atoms with Crippen molar-refractivity contribution in [3.8, 4) is 11.5 Å². The second-order valence-corrected chi connectivity index (χ2v) is 10.1. The summed E-state index contributed by atoms with van der Waals surface area (Å²) in [4.78, 5) is 25.6. The topological polar surface area (TPSA) is 110 Å². The molecule has 33 heavy (non-hydrogen) atoms. The van der Waals surface area contributed by atoms with Crippen LogP contribution in [0.2, 0.25) is 0 Å². The first-order valence-electron chi connectivity index (χ1n) is 11.5. The van der Waals surface area contributed by atoms with Gasteiger partial charge in [0.15, 0.2) is 11.5 Å². The van der Waals surface area contributed by atoms with Crippen molar-refractivity contribution in [1.29, 1.82) is 0 Å². The molecule has 3 aliphatic heterocycles. The number of hydrogen-bond acceptors (Lipinski definition) is 7. The number of rotatable bonds is 6. The molecule has 1 saturated heterocycles. The van der Waals surface area contributed by atoms with E-state index in [1.54, 1.807) is 19.1 Å². The predicted octanol–water partition coefficient (Wildman–Crippen LogP) is 2.49. The molecule has 0 aromatic heterocycles. The lowest BCUT2D eigenvalue weighted by atomic mass is 9.79. The highest BCUT2D eigenvalue weighted by Crippen LogP contribution is 2.37. The fourth-order valence-corrected chi connectivity index (χ4v) is 5.26. The summed E-state index contributed by atoms with van der Waals surface area (Å²) in [7, 11) is 0. The summed E-state index contributed by atoms with van der Waals surface area (Å²) in [5, 5.41) is 12.9. The SMILES string of the molecule is CCOC(=O)C1=C(CNC2CC(C)(C)NC(C)(C)C2)NC(=O)NC1c1ccc2c(c1)OCO2. The second kappa shape index (κ2) is 8.87. The zero-order valence-electron chi connectivity index (χ0n) is 20.0. The standard InChI is InChI=1S/C24H34N4O5/c1-6-31-21(29)19-16(12-25-15-10-23(2,3)28-24(4,5)11-15)26-22(30)27-20(19)14-7-8-17-18(9-14)33-13-32-17/h7-9,15,20,25,28H,6,10-13H2,1-5H3,(H2,26,27,30). The largest absolute Gasteiger partial charge is 0.463 e. The van der Waals surface area contributed by atoms with Crippen LogP contribution in [-0.2, 0) is 9.53 Å². The number of carbonyl (C=O) groups is 2. The molecule has 1 unspecified atom stereocenters. The third kappa shape index (κ3) is 5.25. The molecule has 3 aliphatic rings. The van der Waals surface area contributed by atoms with Crippen LogP contribution in [0.3, 0.4) is 0 Å². The first-order valence-corrected chi connectivity index (χ1v) is 11.5. The lowest BCUT2D eigenvalue weighted by molar-refractivity contribution is -0.139. The van der Waals surface area contributed by atoms with Crippen LogP contribution in [0.25, 0.3) is 0 Å². The van der Waals surface area contributed by atoms with Gasteiger partial charge in [-0.2, -0.15) is 0 Å². The number of amides is 2. The van der Waals surface area contributed by atoms with Crippen LogP contribution in [0.5, 0.6) is 11.5 Å². The third-order valence-corrected chi connectivity index (χ3v) is 6.14. The number of nitrogens with one attached hydrogen (secondary N) is 4. The van der Waals surface area contributed by atoms with Gasteiger partial charge in [-0.3, -0.25) is 0 Å². The van der Waals surface area contributed by atoms with Crippen molar-refractivity contribution in [2.24, 2.45) is 0 Å². The van der Waals surface area contributed by atoms with Crippen molar-refractivity contribution < 1.29 is 23.8 Å². The van der Waals surface area contributed by atoms with Crippen LogP contribution in [-0.4, -0.2) is 49.1 Å². The van der Waals surface area contributed by atoms with Crippen LogP contribution >= 0.6 is 0 Å². The second-order valence-electron chi connectivity index (χ2n) is 10.1. The van der Waals surface area contributed by atoms with Gasteiger partial charge in [0.1, 0.15) is 0 Å². The van der Waals surface area contributed by atoms with Crippen molar-refractivity contribution in [3.63, 3.8) is 0 Å². The third-order valence-electron chi connectivity index (χ3n) is 6.14. The molecular weight excluding hydrogens is 424 g/mol. The summed E-state index contributed by atoms with van der Waals surface area (Å²) in [5.74, 6) is 0.761. The van der Waals surface area contributed by atoms with Crippen molar-refractivity contribution in [2.45, 2.75) is 70.6 Å². The maximum absolute atomic E-state index is 13.0. The molecule has 180 valence electrons. The molecule has 0 bridgehead atoms. The van der Waals surface area contributed by atoms with Crippen molar-refractivity contribution >= 4 is 12.0 Å². The monoisotopic (exact) mass is 458 g/mol. The van der Waals surface area contributed by atoms with E-state index >= 15 is 0 Å². The van der Waals surface area contributed by atoms with Gasteiger partial charge < -0.3 is 35.5 Å². The minimum Gasteiger partial charge on any atom is -0.463 e. The molecular formula is C24H34N4O5. The molecule has 0 radical (unpaired) electrons. The Balaban J connectivity index is 1.63. The molecule has 4 rings (SSSR count). The lowest BCUT2D eigenvalue weighted by Crippen LogP contribution is -2.62. The van der Waals surface area contributed by atoms with Gasteiger partial charge in [0, 0.05) is 29.4 Å². The fourth-order valence-electron chi connectivity index (χ4n) is 5.26. The van der Waals surface area contributed by atoms with E-state index in [0.29, 0.717) is 29.3 Å². The average molecular weight is 459 g/mol. The molecule has 3 heterocycles. The Bertz CT molecular complexity index is 956. The van der Waals surface area contributed by atoms with Gasteiger partial charge in [-0.1, -0.05) is 6.07 Å². The van der Waals surface area contributed by atoms with Gasteiger partial charge in [-0.15, -0.1) is 0 Å². The zero-order valence-corrected chi connectivity index (χ0v) is 20.0. The summed E-state index contributed by atoms with van der Waals surface area (Å²) in [6.45, 7) is 11.3. The molecule has 2 amide bonds. The Morgan fingerprint density at radius 2 is 1.85 bits per heavy atom. The number of benzene rings is 1. The molecule has 4 N–H and O–H groups in total. The number of hydrogen-bond donors (Lipinski definition) is 4. The van der Waals surface area contributed by atoms with E-state index in [4.69, 9.17) is 14.2 Å². The van der Waals surface area contributed by atoms with Gasteiger partial charge in [-0.25, -0.2) is 9.59 Å². The van der Waals surface area contributed by atoms with Gasteiger partial charge in [0.25, 0.3) is 0 Å². The smallest absolute Gasteiger partial charge is 0.338 e. The summed E-state index contributed by atoms with van der Waals surface area (Å²) >= 11 is 0. The van der Waals surface area contributed by atoms with Crippen molar-refractivity contribution in [1.82, 2.24) is 21.3 Å². The Morgan fingerprint density at radius 3 is 2.55 bits per heavy atom. The Kier molecular flexibility index (Phi) is 6.28. The highest BCUT2D eigenvalue weighted by atomic mass is 16.7. The van der Waals surface area contributed by atoms with Crippen molar-refractivity contribution in [3.05, 3.63) is 35.0 Å². The van der Waals surface area contributed by atoms with Crippen LogP contribution in [0.4, 0.5) is 4.79 Å². The number of piperidine rings is 1. The lowest BCUT2D eigenvalue weighted by Gasteiger charge is -2.47. The van der Waals surface area contributed by atoms with Crippen LogP contribution in [0, 0.1) is 0 Å². The first-order chi connectivity index (χ1) is 15.6. The molecule has 1 aromatic rings. The van der Waals surface area contributed by atoms with E-state index in [-0.39, 0.29) is 36.6 Å². The summed E-state index contributed by atoms with van der Waals surface area (Å²) in [5.41, 5.74) is 1.58. The normalized spacial score (nSPS) is 23.7. The highest BCUT2D eigenvalue weighted by molar-refractivity contribution is 5.95. The number of ether oxygens (including phenoxy) is 3. The fraction of sp³-hybridized carbons (Fsp3) is 0.583. The Labute approximate surface area is 194 Å². The summed E-state index contributed by atoms with van der Waals surface area (Å²) < 4.78 is 16.3. The van der Waals surface area contributed by atoms with Crippen LogP contribution < -0.4 is 30.7 Å². The Hall–Kier alpha value is -2.78. The Morgan fingerprint density at radius 1 is 1.15 bits per heavy atom. The zero-order chi connectivity index (χ0) is 23.8. The molecule has 1 atom stereocenters. The minimum atomic E-state index is -0.662. The maximum Gasteiger partial charge on any atom is 0.338 e. The van der Waals surface area contributed by atoms with Crippen molar-refractivity contribution in [2.75, 3.05) is 19.9 Å². The van der Waals surface area contributed by atoms with Crippen LogP contribution in [0.1, 0.15) is 59.1 Å².